The van der Waals surface area contributed by atoms with Crippen molar-refractivity contribution >= 4 is 26.6 Å². The number of nitrogens with one attached hydrogen (secondary N) is 1. The van der Waals surface area contributed by atoms with E-state index in [0.717, 1.165) is 42.6 Å². The first-order chi connectivity index (χ1) is 19.3. The summed E-state index contributed by atoms with van der Waals surface area (Å²) in [5.74, 6) is -1.34. The van der Waals surface area contributed by atoms with Crippen LogP contribution in [0.3, 0.4) is 0 Å². The minimum atomic E-state index is -5.02. The van der Waals surface area contributed by atoms with Gasteiger partial charge in [0.15, 0.2) is 5.82 Å². The first-order valence-corrected chi connectivity index (χ1v) is 12.9. The number of aromatic nitrogens is 5. The van der Waals surface area contributed by atoms with E-state index in [1.807, 2.05) is 0 Å². The van der Waals surface area contributed by atoms with Gasteiger partial charge in [-0.1, -0.05) is 36.4 Å². The summed E-state index contributed by atoms with van der Waals surface area (Å²) in [6.07, 6.45) is -8.88. The van der Waals surface area contributed by atoms with Crippen molar-refractivity contribution in [2.45, 2.75) is 24.0 Å². The molecule has 5 rings (SSSR count). The standard InChI is InChI=1S/C25H16F6N6O3S/c26-24(27,28)21-20-4-2-1-3-17(20)13-32-23(21)37(14-15-5-9-18(10-6-15)40-25(29,30)31)41(38,39)19-11-7-16(8-12-19)22-33-35-36-34-22/h1-13H,14H2,(H,33,34,35,36). The van der Waals surface area contributed by atoms with E-state index in [9.17, 15) is 34.8 Å². The van der Waals surface area contributed by atoms with Crippen LogP contribution in [0.2, 0.25) is 0 Å². The Balaban J connectivity index is 1.64. The maximum atomic E-state index is 14.5. The van der Waals surface area contributed by atoms with E-state index in [1.54, 1.807) is 0 Å². The first-order valence-electron chi connectivity index (χ1n) is 11.5. The molecule has 1 N–H and O–H groups in total. The highest BCUT2D eigenvalue weighted by molar-refractivity contribution is 7.92. The van der Waals surface area contributed by atoms with Crippen LogP contribution in [-0.2, 0) is 22.7 Å². The molecular formula is C25H16F6N6O3S. The van der Waals surface area contributed by atoms with Gasteiger partial charge in [0.2, 0.25) is 5.82 Å². The van der Waals surface area contributed by atoms with E-state index >= 15 is 0 Å². The lowest BCUT2D eigenvalue weighted by Crippen LogP contribution is -2.33. The second-order valence-electron chi connectivity index (χ2n) is 8.51. The van der Waals surface area contributed by atoms with Gasteiger partial charge in [-0.05, 0) is 52.6 Å². The van der Waals surface area contributed by atoms with Crippen LogP contribution in [0.4, 0.5) is 32.2 Å². The molecule has 2 aromatic heterocycles. The van der Waals surface area contributed by atoms with Crippen molar-refractivity contribution in [3.05, 3.63) is 90.1 Å². The van der Waals surface area contributed by atoms with Crippen LogP contribution in [0, 0.1) is 0 Å². The van der Waals surface area contributed by atoms with Crippen molar-refractivity contribution < 1.29 is 39.5 Å². The Hall–Kier alpha value is -4.73. The zero-order chi connectivity index (χ0) is 29.4. The fourth-order valence-electron chi connectivity index (χ4n) is 4.04. The van der Waals surface area contributed by atoms with Crippen molar-refractivity contribution in [3.8, 4) is 17.1 Å². The molecule has 3 aromatic carbocycles. The molecule has 0 amide bonds. The molecule has 9 nitrogen and oxygen atoms in total. The van der Waals surface area contributed by atoms with Gasteiger partial charge in [-0.2, -0.15) is 18.4 Å². The lowest BCUT2D eigenvalue weighted by Gasteiger charge is -2.27. The quantitative estimate of drug-likeness (QED) is 0.240. The molecule has 16 heteroatoms. The van der Waals surface area contributed by atoms with Crippen LogP contribution in [0.5, 0.6) is 5.75 Å². The molecule has 0 atom stereocenters. The molecule has 0 aliphatic heterocycles. The zero-order valence-corrected chi connectivity index (χ0v) is 21.2. The topological polar surface area (TPSA) is 114 Å². The number of ether oxygens (including phenoxy) is 1. The summed E-state index contributed by atoms with van der Waals surface area (Å²) in [5, 5.41) is 13.1. The monoisotopic (exact) mass is 594 g/mol. The summed E-state index contributed by atoms with van der Waals surface area (Å²) < 4.78 is 113. The summed E-state index contributed by atoms with van der Waals surface area (Å²) in [6.45, 7) is -0.699. The minimum Gasteiger partial charge on any atom is -0.406 e. The van der Waals surface area contributed by atoms with Gasteiger partial charge in [0.05, 0.1) is 11.4 Å². The summed E-state index contributed by atoms with van der Waals surface area (Å²) in [6, 6.07) is 14.5. The molecule has 0 aliphatic rings. The number of tetrazole rings is 1. The van der Waals surface area contributed by atoms with E-state index in [1.165, 1.54) is 36.4 Å². The van der Waals surface area contributed by atoms with Crippen LogP contribution in [0.1, 0.15) is 11.1 Å². The van der Waals surface area contributed by atoms with Crippen LogP contribution in [0.15, 0.2) is 83.9 Å². The van der Waals surface area contributed by atoms with Crippen LogP contribution < -0.4 is 9.04 Å². The van der Waals surface area contributed by atoms with Crippen molar-refractivity contribution in [3.63, 3.8) is 0 Å². The van der Waals surface area contributed by atoms with E-state index in [4.69, 9.17) is 0 Å². The second-order valence-corrected chi connectivity index (χ2v) is 10.4. The predicted octanol–water partition coefficient (Wildman–Crippen LogP) is 5.73. The molecule has 0 aliphatic carbocycles. The van der Waals surface area contributed by atoms with Gasteiger partial charge >= 0.3 is 12.5 Å². The summed E-state index contributed by atoms with van der Waals surface area (Å²) >= 11 is 0. The zero-order valence-electron chi connectivity index (χ0n) is 20.3. The molecule has 0 saturated heterocycles. The van der Waals surface area contributed by atoms with E-state index in [0.29, 0.717) is 9.87 Å². The fraction of sp³-hybridized carbons (Fsp3) is 0.120. The molecule has 0 saturated carbocycles. The number of anilines is 1. The molecule has 212 valence electrons. The van der Waals surface area contributed by atoms with E-state index in [-0.39, 0.29) is 27.1 Å². The van der Waals surface area contributed by atoms with Crippen molar-refractivity contribution in [1.82, 2.24) is 25.6 Å². The number of aromatic amines is 1. The number of alkyl halides is 6. The lowest BCUT2D eigenvalue weighted by molar-refractivity contribution is -0.274. The number of sulfonamides is 1. The highest BCUT2D eigenvalue weighted by atomic mass is 32.2. The van der Waals surface area contributed by atoms with Crippen molar-refractivity contribution in [2.24, 2.45) is 0 Å². The molecule has 2 heterocycles. The normalized spacial score (nSPS) is 12.4. The third kappa shape index (κ3) is 5.91. The summed E-state index contributed by atoms with van der Waals surface area (Å²) in [4.78, 5) is 3.52. The van der Waals surface area contributed by atoms with Gasteiger partial charge in [-0.25, -0.2) is 17.7 Å². The minimum absolute atomic E-state index is 0.0644. The van der Waals surface area contributed by atoms with Gasteiger partial charge in [0, 0.05) is 17.1 Å². The Kier molecular flexibility index (Phi) is 7.02. The predicted molar refractivity (Wildman–Crippen MR) is 133 cm³/mol. The number of rotatable bonds is 7. The highest BCUT2D eigenvalue weighted by Gasteiger charge is 2.41. The fourth-order valence-corrected chi connectivity index (χ4v) is 5.46. The van der Waals surface area contributed by atoms with Gasteiger partial charge in [-0.3, -0.25) is 0 Å². The Morgan fingerprint density at radius 1 is 0.878 bits per heavy atom. The Morgan fingerprint density at radius 3 is 2.17 bits per heavy atom. The average molecular weight is 594 g/mol. The van der Waals surface area contributed by atoms with Crippen LogP contribution in [-0.4, -0.2) is 40.4 Å². The molecular weight excluding hydrogens is 578 g/mol. The van der Waals surface area contributed by atoms with Gasteiger partial charge in [0.25, 0.3) is 10.0 Å². The maximum absolute atomic E-state index is 14.5. The highest BCUT2D eigenvalue weighted by Crippen LogP contribution is 2.42. The first kappa shape index (κ1) is 27.8. The molecule has 0 radical (unpaired) electrons. The van der Waals surface area contributed by atoms with Gasteiger partial charge < -0.3 is 4.74 Å². The molecule has 0 bridgehead atoms. The smallest absolute Gasteiger partial charge is 0.406 e. The molecule has 0 unspecified atom stereocenters. The van der Waals surface area contributed by atoms with Crippen LogP contribution in [0.25, 0.3) is 22.2 Å². The number of H-pyrrole nitrogens is 1. The number of hydrogen-bond donors (Lipinski definition) is 1. The lowest BCUT2D eigenvalue weighted by atomic mass is 10.1. The number of fused-ring (bicyclic) bond motifs is 1. The average Bonchev–Trinajstić information content (AvgIpc) is 3.46. The van der Waals surface area contributed by atoms with E-state index in [2.05, 4.69) is 30.3 Å². The van der Waals surface area contributed by atoms with Gasteiger partial charge in [-0.15, -0.1) is 23.4 Å². The molecule has 5 aromatic rings. The summed E-state index contributed by atoms with van der Waals surface area (Å²) in [5.41, 5.74) is -0.849. The number of benzene rings is 3. The SMILES string of the molecule is O=S(=O)(c1ccc(-c2nn[nH]n2)cc1)N(Cc1ccc(OC(F)(F)F)cc1)c1ncc2ccccc2c1C(F)(F)F. The van der Waals surface area contributed by atoms with Crippen molar-refractivity contribution in [1.29, 1.82) is 0 Å². The number of nitrogens with zero attached hydrogens (tertiary/aromatic N) is 5. The largest absolute Gasteiger partial charge is 0.573 e. The molecule has 0 spiro atoms. The maximum Gasteiger partial charge on any atom is 0.573 e. The Morgan fingerprint density at radius 2 is 1.56 bits per heavy atom. The number of pyridine rings is 1. The number of halogens is 6. The summed E-state index contributed by atoms with van der Waals surface area (Å²) in [7, 11) is -4.73. The number of hydrogen-bond acceptors (Lipinski definition) is 7. The van der Waals surface area contributed by atoms with Crippen LogP contribution >= 0.6 is 0 Å². The molecule has 41 heavy (non-hydrogen) atoms. The second kappa shape index (κ2) is 10.3. The third-order valence-electron chi connectivity index (χ3n) is 5.83. The van der Waals surface area contributed by atoms with Gasteiger partial charge in [0.1, 0.15) is 11.3 Å². The van der Waals surface area contributed by atoms with Crippen molar-refractivity contribution in [2.75, 3.05) is 4.31 Å². The Labute approximate surface area is 227 Å². The molecule has 0 fully saturated rings. The Bertz CT molecular complexity index is 1780. The van der Waals surface area contributed by atoms with E-state index < -0.39 is 46.2 Å². The third-order valence-corrected chi connectivity index (χ3v) is 7.58.